The molecule has 0 saturated carbocycles. The van der Waals surface area contributed by atoms with Gasteiger partial charge in [0.15, 0.2) is 0 Å². The molecule has 0 aliphatic heterocycles. The van der Waals surface area contributed by atoms with Crippen molar-refractivity contribution < 1.29 is 9.90 Å². The first-order valence-corrected chi connectivity index (χ1v) is 6.59. The van der Waals surface area contributed by atoms with Crippen LogP contribution in [0.5, 0.6) is 0 Å². The van der Waals surface area contributed by atoms with Crippen molar-refractivity contribution >= 4 is 5.97 Å². The van der Waals surface area contributed by atoms with Gasteiger partial charge in [0.2, 0.25) is 0 Å². The maximum Gasteiger partial charge on any atom is 0.307 e. The smallest absolute Gasteiger partial charge is 0.307 e. The van der Waals surface area contributed by atoms with E-state index in [1.165, 1.54) is 0 Å². The highest BCUT2D eigenvalue weighted by molar-refractivity contribution is 5.70. The molecular weight excluding hydrogens is 252 g/mol. The third-order valence-electron chi connectivity index (χ3n) is 3.12. The number of nitrogens with one attached hydrogen (secondary N) is 1. The Morgan fingerprint density at radius 2 is 1.90 bits per heavy atom. The van der Waals surface area contributed by atoms with Crippen molar-refractivity contribution in [3.63, 3.8) is 0 Å². The minimum Gasteiger partial charge on any atom is -0.481 e. The summed E-state index contributed by atoms with van der Waals surface area (Å²) in [6.07, 6.45) is 1.85. The second-order valence-electron chi connectivity index (χ2n) is 4.74. The minimum absolute atomic E-state index is 0.0675. The topological polar surface area (TPSA) is 62.2 Å². The van der Waals surface area contributed by atoms with Gasteiger partial charge in [0, 0.05) is 18.8 Å². The maximum absolute atomic E-state index is 10.6. The van der Waals surface area contributed by atoms with Crippen LogP contribution in [-0.4, -0.2) is 16.1 Å². The molecule has 104 valence electrons. The molecule has 1 atom stereocenters. The number of carbonyl (C=O) groups is 1. The molecule has 1 heterocycles. The van der Waals surface area contributed by atoms with Gasteiger partial charge in [-0.1, -0.05) is 30.3 Å². The molecule has 0 aliphatic carbocycles. The van der Waals surface area contributed by atoms with Crippen LogP contribution in [0.4, 0.5) is 0 Å². The average Bonchev–Trinajstić information content (AvgIpc) is 2.46. The Labute approximate surface area is 118 Å². The van der Waals surface area contributed by atoms with E-state index in [0.29, 0.717) is 0 Å². The standard InChI is InChI=1S/C16H18N2O2/c1-12(15-4-2-3-9-17-15)18-11-14-7-5-13(6-8-14)10-16(19)20/h2-9,12,18H,10-11H2,1H3,(H,19,20)/t12-/m0/s1. The summed E-state index contributed by atoms with van der Waals surface area (Å²) < 4.78 is 0. The Morgan fingerprint density at radius 1 is 1.20 bits per heavy atom. The molecule has 0 bridgehead atoms. The van der Waals surface area contributed by atoms with Crippen LogP contribution in [0.3, 0.4) is 0 Å². The molecule has 0 aliphatic rings. The number of carboxylic acids is 1. The van der Waals surface area contributed by atoms with Crippen molar-refractivity contribution in [2.45, 2.75) is 25.9 Å². The van der Waals surface area contributed by atoms with Gasteiger partial charge in [-0.25, -0.2) is 0 Å². The number of rotatable bonds is 6. The lowest BCUT2D eigenvalue weighted by Crippen LogP contribution is -2.18. The molecule has 1 aromatic heterocycles. The summed E-state index contributed by atoms with van der Waals surface area (Å²) in [5, 5.41) is 12.1. The van der Waals surface area contributed by atoms with Crippen molar-refractivity contribution in [3.05, 3.63) is 65.5 Å². The Hall–Kier alpha value is -2.20. The lowest BCUT2D eigenvalue weighted by Gasteiger charge is -2.13. The number of pyridine rings is 1. The van der Waals surface area contributed by atoms with Crippen LogP contribution in [-0.2, 0) is 17.8 Å². The van der Waals surface area contributed by atoms with Crippen LogP contribution < -0.4 is 5.32 Å². The fourth-order valence-electron chi connectivity index (χ4n) is 1.96. The average molecular weight is 270 g/mol. The second-order valence-corrected chi connectivity index (χ2v) is 4.74. The third kappa shape index (κ3) is 4.17. The fourth-order valence-corrected chi connectivity index (χ4v) is 1.96. The molecule has 0 fully saturated rings. The van der Waals surface area contributed by atoms with E-state index in [9.17, 15) is 4.79 Å². The Balaban J connectivity index is 1.89. The lowest BCUT2D eigenvalue weighted by molar-refractivity contribution is -0.136. The number of carboxylic acid groups (broad SMARTS) is 1. The number of hydrogen-bond acceptors (Lipinski definition) is 3. The highest BCUT2D eigenvalue weighted by atomic mass is 16.4. The summed E-state index contributed by atoms with van der Waals surface area (Å²) in [6, 6.07) is 13.7. The molecule has 4 heteroatoms. The van der Waals surface area contributed by atoms with Gasteiger partial charge in [-0.05, 0) is 30.2 Å². The van der Waals surface area contributed by atoms with Gasteiger partial charge in [-0.15, -0.1) is 0 Å². The lowest BCUT2D eigenvalue weighted by atomic mass is 10.1. The van der Waals surface area contributed by atoms with E-state index in [1.54, 1.807) is 6.20 Å². The van der Waals surface area contributed by atoms with E-state index < -0.39 is 5.97 Å². The fraction of sp³-hybridized carbons (Fsp3) is 0.250. The summed E-state index contributed by atoms with van der Waals surface area (Å²) in [6.45, 7) is 2.80. The van der Waals surface area contributed by atoms with E-state index in [0.717, 1.165) is 23.4 Å². The van der Waals surface area contributed by atoms with Crippen LogP contribution in [0.2, 0.25) is 0 Å². The summed E-state index contributed by atoms with van der Waals surface area (Å²) in [5.74, 6) is -0.806. The van der Waals surface area contributed by atoms with E-state index in [4.69, 9.17) is 5.11 Å². The highest BCUT2D eigenvalue weighted by Crippen LogP contribution is 2.10. The Bertz CT molecular complexity index is 552. The first-order valence-electron chi connectivity index (χ1n) is 6.59. The summed E-state index contributed by atoms with van der Waals surface area (Å²) in [5.41, 5.74) is 2.95. The predicted octanol–water partition coefficient (Wildman–Crippen LogP) is 2.56. The van der Waals surface area contributed by atoms with Crippen molar-refractivity contribution in [1.82, 2.24) is 10.3 Å². The van der Waals surface area contributed by atoms with Gasteiger partial charge in [-0.2, -0.15) is 0 Å². The zero-order valence-electron chi connectivity index (χ0n) is 11.4. The first kappa shape index (κ1) is 14.2. The summed E-state index contributed by atoms with van der Waals surface area (Å²) in [4.78, 5) is 14.9. The SMILES string of the molecule is C[C@H](NCc1ccc(CC(=O)O)cc1)c1ccccn1. The second kappa shape index (κ2) is 6.82. The van der Waals surface area contributed by atoms with Gasteiger partial charge in [0.25, 0.3) is 0 Å². The van der Waals surface area contributed by atoms with E-state index in [1.807, 2.05) is 42.5 Å². The molecule has 2 N–H and O–H groups in total. The Kier molecular flexibility index (Phi) is 4.85. The van der Waals surface area contributed by atoms with E-state index in [2.05, 4.69) is 17.2 Å². The highest BCUT2D eigenvalue weighted by Gasteiger charge is 2.05. The van der Waals surface area contributed by atoms with Gasteiger partial charge in [0.05, 0.1) is 12.1 Å². The van der Waals surface area contributed by atoms with Crippen molar-refractivity contribution in [1.29, 1.82) is 0 Å². The maximum atomic E-state index is 10.6. The molecule has 0 radical (unpaired) electrons. The zero-order valence-corrected chi connectivity index (χ0v) is 11.4. The van der Waals surface area contributed by atoms with Gasteiger partial charge >= 0.3 is 5.97 Å². The molecule has 1 aromatic carbocycles. The van der Waals surface area contributed by atoms with Crippen LogP contribution in [0.25, 0.3) is 0 Å². The van der Waals surface area contributed by atoms with Gasteiger partial charge < -0.3 is 10.4 Å². The number of hydrogen-bond donors (Lipinski definition) is 2. The number of aromatic nitrogens is 1. The Morgan fingerprint density at radius 3 is 2.50 bits per heavy atom. The molecule has 20 heavy (non-hydrogen) atoms. The van der Waals surface area contributed by atoms with Crippen molar-refractivity contribution in [3.8, 4) is 0 Å². The van der Waals surface area contributed by atoms with Gasteiger partial charge in [-0.3, -0.25) is 9.78 Å². The molecule has 0 spiro atoms. The normalized spacial score (nSPS) is 12.1. The van der Waals surface area contributed by atoms with Crippen molar-refractivity contribution in [2.24, 2.45) is 0 Å². The van der Waals surface area contributed by atoms with Gasteiger partial charge in [0.1, 0.15) is 0 Å². The zero-order chi connectivity index (χ0) is 14.4. The van der Waals surface area contributed by atoms with E-state index in [-0.39, 0.29) is 12.5 Å². The summed E-state index contributed by atoms with van der Waals surface area (Å²) in [7, 11) is 0. The predicted molar refractivity (Wildman–Crippen MR) is 77.3 cm³/mol. The van der Waals surface area contributed by atoms with Crippen molar-refractivity contribution in [2.75, 3.05) is 0 Å². The molecule has 0 unspecified atom stereocenters. The van der Waals surface area contributed by atoms with Crippen LogP contribution in [0.1, 0.15) is 29.8 Å². The van der Waals surface area contributed by atoms with Crippen LogP contribution in [0, 0.1) is 0 Å². The van der Waals surface area contributed by atoms with Crippen LogP contribution in [0.15, 0.2) is 48.7 Å². The molecule has 0 amide bonds. The number of nitrogens with zero attached hydrogens (tertiary/aromatic N) is 1. The van der Waals surface area contributed by atoms with E-state index >= 15 is 0 Å². The monoisotopic (exact) mass is 270 g/mol. The molecule has 0 saturated heterocycles. The van der Waals surface area contributed by atoms with Crippen LogP contribution >= 0.6 is 0 Å². The minimum atomic E-state index is -0.806. The molecule has 4 nitrogen and oxygen atoms in total. The third-order valence-corrected chi connectivity index (χ3v) is 3.12. The number of aliphatic carboxylic acids is 1. The molecular formula is C16H18N2O2. The molecule has 2 rings (SSSR count). The molecule has 2 aromatic rings. The summed E-state index contributed by atoms with van der Waals surface area (Å²) >= 11 is 0. The quantitative estimate of drug-likeness (QED) is 0.847. The first-order chi connectivity index (χ1) is 9.65. The number of benzene rings is 1. The largest absolute Gasteiger partial charge is 0.481 e.